The molecule has 0 saturated carbocycles. The molecule has 0 aliphatic rings. The lowest BCUT2D eigenvalue weighted by Gasteiger charge is -2.10. The molecule has 0 unspecified atom stereocenters. The molecule has 0 radical (unpaired) electrons. The van der Waals surface area contributed by atoms with Gasteiger partial charge in [0.15, 0.2) is 5.69 Å². The molecule has 0 aliphatic heterocycles. The Morgan fingerprint density at radius 3 is 2.00 bits per heavy atom. The van der Waals surface area contributed by atoms with E-state index in [2.05, 4.69) is 20.9 Å². The minimum atomic E-state index is -0.350. The largest absolute Gasteiger partial charge is 0.324 e. The standard InChI is InChI=1S/C22H25N5O2/c1-13-6-8-15(3)18(10-13)23-20(28)12-27-17(5)21(25-26-27)22(29)24-19-11-14(2)7-9-16(19)4/h6-11H,12H2,1-5H3,(H,23,28)(H,24,29). The molecule has 7 nitrogen and oxygen atoms in total. The normalized spacial score (nSPS) is 10.7. The van der Waals surface area contributed by atoms with Gasteiger partial charge in [-0.15, -0.1) is 5.10 Å². The summed E-state index contributed by atoms with van der Waals surface area (Å²) >= 11 is 0. The Labute approximate surface area is 170 Å². The lowest BCUT2D eigenvalue weighted by atomic mass is 10.1. The zero-order chi connectivity index (χ0) is 21.1. The van der Waals surface area contributed by atoms with Crippen LogP contribution in [0.15, 0.2) is 36.4 Å². The van der Waals surface area contributed by atoms with E-state index in [4.69, 9.17) is 0 Å². The van der Waals surface area contributed by atoms with Crippen molar-refractivity contribution in [1.82, 2.24) is 15.0 Å². The summed E-state index contributed by atoms with van der Waals surface area (Å²) in [6, 6.07) is 11.7. The summed E-state index contributed by atoms with van der Waals surface area (Å²) in [6.07, 6.45) is 0. The highest BCUT2D eigenvalue weighted by atomic mass is 16.2. The van der Waals surface area contributed by atoms with E-state index >= 15 is 0 Å². The van der Waals surface area contributed by atoms with Crippen molar-refractivity contribution in [2.75, 3.05) is 10.6 Å². The Bertz CT molecular complexity index is 1080. The van der Waals surface area contributed by atoms with Crippen LogP contribution in [-0.2, 0) is 11.3 Å². The van der Waals surface area contributed by atoms with E-state index in [1.807, 2.05) is 64.1 Å². The summed E-state index contributed by atoms with van der Waals surface area (Å²) in [7, 11) is 0. The number of hydrogen-bond acceptors (Lipinski definition) is 4. The van der Waals surface area contributed by atoms with Crippen LogP contribution in [0.2, 0.25) is 0 Å². The third-order valence-electron chi connectivity index (χ3n) is 4.80. The number of hydrogen-bond donors (Lipinski definition) is 2. The summed E-state index contributed by atoms with van der Waals surface area (Å²) in [5.74, 6) is -0.578. The van der Waals surface area contributed by atoms with Crippen molar-refractivity contribution < 1.29 is 9.59 Å². The molecule has 0 spiro atoms. The van der Waals surface area contributed by atoms with Crippen LogP contribution < -0.4 is 10.6 Å². The average Bonchev–Trinajstić information content (AvgIpc) is 3.01. The fraction of sp³-hybridized carbons (Fsp3) is 0.273. The summed E-state index contributed by atoms with van der Waals surface area (Å²) in [6.45, 7) is 9.50. The SMILES string of the molecule is Cc1ccc(C)c(NC(=O)Cn2nnc(C(=O)Nc3cc(C)ccc3C)c2C)c1. The molecule has 150 valence electrons. The Hall–Kier alpha value is -3.48. The summed E-state index contributed by atoms with van der Waals surface area (Å²) in [5.41, 5.74) is 6.28. The number of carbonyl (C=O) groups excluding carboxylic acids is 2. The number of aromatic nitrogens is 3. The fourth-order valence-corrected chi connectivity index (χ4v) is 2.97. The van der Waals surface area contributed by atoms with E-state index in [1.165, 1.54) is 4.68 Å². The van der Waals surface area contributed by atoms with Crippen LogP contribution in [0.3, 0.4) is 0 Å². The van der Waals surface area contributed by atoms with Crippen LogP contribution in [0.4, 0.5) is 11.4 Å². The lowest BCUT2D eigenvalue weighted by Crippen LogP contribution is -2.21. The molecule has 7 heteroatoms. The maximum absolute atomic E-state index is 12.6. The lowest BCUT2D eigenvalue weighted by molar-refractivity contribution is -0.117. The minimum Gasteiger partial charge on any atom is -0.324 e. The van der Waals surface area contributed by atoms with Gasteiger partial charge in [-0.1, -0.05) is 29.5 Å². The highest BCUT2D eigenvalue weighted by molar-refractivity contribution is 6.04. The number of anilines is 2. The number of carbonyl (C=O) groups is 2. The molecule has 3 aromatic rings. The molecule has 2 amide bonds. The van der Waals surface area contributed by atoms with Crippen molar-refractivity contribution in [3.05, 3.63) is 70.0 Å². The smallest absolute Gasteiger partial charge is 0.278 e. The first-order valence-corrected chi connectivity index (χ1v) is 9.40. The first kappa shape index (κ1) is 20.3. The number of nitrogens with zero attached hydrogens (tertiary/aromatic N) is 3. The third kappa shape index (κ3) is 4.68. The van der Waals surface area contributed by atoms with Crippen molar-refractivity contribution in [1.29, 1.82) is 0 Å². The van der Waals surface area contributed by atoms with E-state index in [9.17, 15) is 9.59 Å². The Morgan fingerprint density at radius 2 is 1.41 bits per heavy atom. The molecule has 2 aromatic carbocycles. The van der Waals surface area contributed by atoms with E-state index in [-0.39, 0.29) is 24.1 Å². The second kappa shape index (κ2) is 8.26. The van der Waals surface area contributed by atoms with Gasteiger partial charge in [-0.25, -0.2) is 4.68 Å². The third-order valence-corrected chi connectivity index (χ3v) is 4.80. The van der Waals surface area contributed by atoms with Gasteiger partial charge in [-0.2, -0.15) is 0 Å². The Kier molecular flexibility index (Phi) is 5.77. The molecule has 3 rings (SSSR count). The molecule has 0 aliphatic carbocycles. The first-order chi connectivity index (χ1) is 13.7. The summed E-state index contributed by atoms with van der Waals surface area (Å²) < 4.78 is 1.43. The Balaban J connectivity index is 1.71. The molecule has 1 aromatic heterocycles. The molecule has 2 N–H and O–H groups in total. The molecule has 0 atom stereocenters. The Morgan fingerprint density at radius 1 is 0.862 bits per heavy atom. The quantitative estimate of drug-likeness (QED) is 0.694. The van der Waals surface area contributed by atoms with E-state index in [1.54, 1.807) is 6.92 Å². The highest BCUT2D eigenvalue weighted by Crippen LogP contribution is 2.18. The van der Waals surface area contributed by atoms with E-state index in [0.717, 1.165) is 33.6 Å². The van der Waals surface area contributed by atoms with Crippen LogP contribution in [0, 0.1) is 34.6 Å². The molecule has 1 heterocycles. The van der Waals surface area contributed by atoms with Gasteiger partial charge in [0.1, 0.15) is 6.54 Å². The molecular weight excluding hydrogens is 366 g/mol. The monoisotopic (exact) mass is 391 g/mol. The molecule has 29 heavy (non-hydrogen) atoms. The van der Waals surface area contributed by atoms with Gasteiger partial charge in [0.05, 0.1) is 5.69 Å². The average molecular weight is 391 g/mol. The number of rotatable bonds is 5. The minimum absolute atomic E-state index is 0.0248. The van der Waals surface area contributed by atoms with Gasteiger partial charge in [-0.05, 0) is 69.0 Å². The van der Waals surface area contributed by atoms with Crippen molar-refractivity contribution in [3.63, 3.8) is 0 Å². The second-order valence-electron chi connectivity index (χ2n) is 7.32. The van der Waals surface area contributed by atoms with Crippen LogP contribution in [0.5, 0.6) is 0 Å². The molecule has 0 fully saturated rings. The highest BCUT2D eigenvalue weighted by Gasteiger charge is 2.19. The predicted molar refractivity (Wildman–Crippen MR) is 113 cm³/mol. The van der Waals surface area contributed by atoms with Gasteiger partial charge in [0, 0.05) is 11.4 Å². The topological polar surface area (TPSA) is 88.9 Å². The van der Waals surface area contributed by atoms with Crippen molar-refractivity contribution in [3.8, 4) is 0 Å². The van der Waals surface area contributed by atoms with Crippen molar-refractivity contribution in [2.45, 2.75) is 41.2 Å². The van der Waals surface area contributed by atoms with E-state index in [0.29, 0.717) is 5.69 Å². The van der Waals surface area contributed by atoms with Gasteiger partial charge >= 0.3 is 0 Å². The van der Waals surface area contributed by atoms with Gasteiger partial charge in [-0.3, -0.25) is 9.59 Å². The zero-order valence-electron chi connectivity index (χ0n) is 17.3. The number of amides is 2. The van der Waals surface area contributed by atoms with Crippen LogP contribution >= 0.6 is 0 Å². The second-order valence-corrected chi connectivity index (χ2v) is 7.32. The maximum Gasteiger partial charge on any atom is 0.278 e. The van der Waals surface area contributed by atoms with Crippen LogP contribution in [0.25, 0.3) is 0 Å². The van der Waals surface area contributed by atoms with Gasteiger partial charge in [0.25, 0.3) is 5.91 Å². The van der Waals surface area contributed by atoms with Gasteiger partial charge < -0.3 is 10.6 Å². The van der Waals surface area contributed by atoms with Crippen molar-refractivity contribution >= 4 is 23.2 Å². The number of aryl methyl sites for hydroxylation is 4. The van der Waals surface area contributed by atoms with Crippen LogP contribution in [0.1, 0.15) is 38.4 Å². The summed E-state index contributed by atoms with van der Waals surface area (Å²) in [5, 5.41) is 13.7. The van der Waals surface area contributed by atoms with Gasteiger partial charge in [0.2, 0.25) is 5.91 Å². The molecular formula is C22H25N5O2. The number of benzene rings is 2. The van der Waals surface area contributed by atoms with E-state index < -0.39 is 0 Å². The summed E-state index contributed by atoms with van der Waals surface area (Å²) in [4.78, 5) is 25.1. The maximum atomic E-state index is 12.6. The first-order valence-electron chi connectivity index (χ1n) is 9.40. The molecule has 0 saturated heterocycles. The number of nitrogens with one attached hydrogen (secondary N) is 2. The molecule has 0 bridgehead atoms. The van der Waals surface area contributed by atoms with Crippen molar-refractivity contribution in [2.24, 2.45) is 0 Å². The fourth-order valence-electron chi connectivity index (χ4n) is 2.97. The zero-order valence-corrected chi connectivity index (χ0v) is 17.3. The van der Waals surface area contributed by atoms with Crippen LogP contribution in [-0.4, -0.2) is 26.8 Å². The predicted octanol–water partition coefficient (Wildman–Crippen LogP) is 3.71.